The summed E-state index contributed by atoms with van der Waals surface area (Å²) in [7, 11) is 0. The van der Waals surface area contributed by atoms with Crippen LogP contribution in [0.5, 0.6) is 0 Å². The number of hydrogen-bond acceptors (Lipinski definition) is 2. The Bertz CT molecular complexity index is 538. The highest BCUT2D eigenvalue weighted by molar-refractivity contribution is 6.38. The van der Waals surface area contributed by atoms with Crippen LogP contribution in [0.2, 0.25) is 10.0 Å². The zero-order valence-corrected chi connectivity index (χ0v) is 10.4. The fourth-order valence-electron chi connectivity index (χ4n) is 1.74. The van der Waals surface area contributed by atoms with Crippen LogP contribution in [-0.4, -0.2) is 11.5 Å². The van der Waals surface area contributed by atoms with E-state index in [0.717, 1.165) is 28.6 Å². The number of rotatable bonds is 2. The van der Waals surface area contributed by atoms with Crippen molar-refractivity contribution in [2.75, 3.05) is 6.54 Å². The molecule has 4 heteroatoms. The molecule has 0 saturated carbocycles. The minimum atomic E-state index is 0.584. The van der Waals surface area contributed by atoms with Gasteiger partial charge in [-0.2, -0.15) is 0 Å². The minimum absolute atomic E-state index is 0.584. The number of pyridine rings is 1. The van der Waals surface area contributed by atoms with Crippen LogP contribution in [0.4, 0.5) is 0 Å². The molecule has 2 aromatic rings. The standard InChI is InChI=1S/C12H12Cl2N2/c1-7-4-8-5-9(13)6-10(14)12(8)16-11(7)2-3-15/h4-6H,2-3,15H2,1H3. The normalized spacial score (nSPS) is 11.0. The SMILES string of the molecule is Cc1cc2cc(Cl)cc(Cl)c2nc1CCN. The molecule has 0 aliphatic carbocycles. The fraction of sp³-hybridized carbons (Fsp3) is 0.250. The number of aromatic nitrogens is 1. The van der Waals surface area contributed by atoms with E-state index in [9.17, 15) is 0 Å². The molecule has 0 atom stereocenters. The molecule has 0 aliphatic rings. The summed E-state index contributed by atoms with van der Waals surface area (Å²) in [6.07, 6.45) is 0.765. The number of aryl methyl sites for hydroxylation is 1. The Balaban J connectivity index is 2.69. The second kappa shape index (κ2) is 4.58. The molecule has 2 nitrogen and oxygen atoms in total. The van der Waals surface area contributed by atoms with Gasteiger partial charge in [0.15, 0.2) is 0 Å². The monoisotopic (exact) mass is 254 g/mol. The van der Waals surface area contributed by atoms with Gasteiger partial charge >= 0.3 is 0 Å². The van der Waals surface area contributed by atoms with E-state index in [4.69, 9.17) is 28.9 Å². The maximum atomic E-state index is 6.11. The van der Waals surface area contributed by atoms with Gasteiger partial charge < -0.3 is 5.73 Å². The van der Waals surface area contributed by atoms with E-state index in [1.807, 2.05) is 19.1 Å². The van der Waals surface area contributed by atoms with E-state index in [1.165, 1.54) is 0 Å². The molecule has 0 radical (unpaired) electrons. The predicted molar refractivity (Wildman–Crippen MR) is 69.3 cm³/mol. The van der Waals surface area contributed by atoms with Crippen molar-refractivity contribution in [3.63, 3.8) is 0 Å². The molecule has 0 spiro atoms. The molecule has 0 aliphatic heterocycles. The summed E-state index contributed by atoms with van der Waals surface area (Å²) in [5, 5.41) is 2.18. The molecule has 1 heterocycles. The molecule has 0 fully saturated rings. The molecule has 1 aromatic carbocycles. The van der Waals surface area contributed by atoms with Crippen molar-refractivity contribution < 1.29 is 0 Å². The summed E-state index contributed by atoms with van der Waals surface area (Å²) in [6.45, 7) is 2.61. The molecule has 0 bridgehead atoms. The number of benzene rings is 1. The van der Waals surface area contributed by atoms with Crippen LogP contribution in [0.15, 0.2) is 18.2 Å². The van der Waals surface area contributed by atoms with E-state index in [2.05, 4.69) is 4.98 Å². The lowest BCUT2D eigenvalue weighted by Crippen LogP contribution is -2.06. The Morgan fingerprint density at radius 3 is 2.69 bits per heavy atom. The maximum absolute atomic E-state index is 6.11. The molecule has 2 rings (SSSR count). The van der Waals surface area contributed by atoms with Crippen LogP contribution < -0.4 is 5.73 Å². The van der Waals surface area contributed by atoms with Crippen LogP contribution in [-0.2, 0) is 6.42 Å². The summed E-state index contributed by atoms with van der Waals surface area (Å²) in [6, 6.07) is 5.63. The molecule has 0 unspecified atom stereocenters. The summed E-state index contributed by atoms with van der Waals surface area (Å²) >= 11 is 12.1. The smallest absolute Gasteiger partial charge is 0.0892 e. The summed E-state index contributed by atoms with van der Waals surface area (Å²) in [5.41, 5.74) is 8.45. The zero-order chi connectivity index (χ0) is 11.7. The molecule has 2 N–H and O–H groups in total. The highest BCUT2D eigenvalue weighted by atomic mass is 35.5. The van der Waals surface area contributed by atoms with Crippen LogP contribution in [0, 0.1) is 6.92 Å². The van der Waals surface area contributed by atoms with E-state index in [1.54, 1.807) is 6.07 Å². The molecule has 84 valence electrons. The Kier molecular flexibility index (Phi) is 3.33. The first-order chi connectivity index (χ1) is 7.61. The van der Waals surface area contributed by atoms with Gasteiger partial charge in [-0.05, 0) is 37.2 Å². The summed E-state index contributed by atoms with van der Waals surface area (Å²) in [4.78, 5) is 4.53. The van der Waals surface area contributed by atoms with Gasteiger partial charge in [0.05, 0.1) is 10.5 Å². The number of fused-ring (bicyclic) bond motifs is 1. The predicted octanol–water partition coefficient (Wildman–Crippen LogP) is 3.35. The molecular formula is C12H12Cl2N2. The van der Waals surface area contributed by atoms with Gasteiger partial charge in [-0.3, -0.25) is 4.98 Å². The van der Waals surface area contributed by atoms with Gasteiger partial charge in [0.1, 0.15) is 0 Å². The quantitative estimate of drug-likeness (QED) is 0.893. The molecule has 0 saturated heterocycles. The van der Waals surface area contributed by atoms with Gasteiger partial charge in [0, 0.05) is 22.5 Å². The lowest BCUT2D eigenvalue weighted by molar-refractivity contribution is 0.919. The average Bonchev–Trinajstić information content (AvgIpc) is 2.20. The Hall–Kier alpha value is -0.830. The molecular weight excluding hydrogens is 243 g/mol. The van der Waals surface area contributed by atoms with E-state index < -0.39 is 0 Å². The van der Waals surface area contributed by atoms with Crippen molar-refractivity contribution in [2.24, 2.45) is 5.73 Å². The first-order valence-electron chi connectivity index (χ1n) is 5.07. The summed E-state index contributed by atoms with van der Waals surface area (Å²) < 4.78 is 0. The third kappa shape index (κ3) is 2.14. The highest BCUT2D eigenvalue weighted by Crippen LogP contribution is 2.27. The second-order valence-corrected chi connectivity index (χ2v) is 4.59. The topological polar surface area (TPSA) is 38.9 Å². The van der Waals surface area contributed by atoms with Crippen LogP contribution in [0.25, 0.3) is 10.9 Å². The molecule has 16 heavy (non-hydrogen) atoms. The first-order valence-corrected chi connectivity index (χ1v) is 5.82. The van der Waals surface area contributed by atoms with Gasteiger partial charge in [0.25, 0.3) is 0 Å². The van der Waals surface area contributed by atoms with Gasteiger partial charge in [-0.25, -0.2) is 0 Å². The third-order valence-corrected chi connectivity index (χ3v) is 3.02. The van der Waals surface area contributed by atoms with Crippen molar-refractivity contribution in [2.45, 2.75) is 13.3 Å². The van der Waals surface area contributed by atoms with Crippen molar-refractivity contribution in [1.82, 2.24) is 4.98 Å². The van der Waals surface area contributed by atoms with Crippen LogP contribution in [0.1, 0.15) is 11.3 Å². The average molecular weight is 255 g/mol. The van der Waals surface area contributed by atoms with Gasteiger partial charge in [-0.1, -0.05) is 23.2 Å². The lowest BCUT2D eigenvalue weighted by atomic mass is 10.1. The number of hydrogen-bond donors (Lipinski definition) is 1. The first kappa shape index (κ1) is 11.6. The Morgan fingerprint density at radius 2 is 2.00 bits per heavy atom. The number of nitrogens with zero attached hydrogens (tertiary/aromatic N) is 1. The fourth-order valence-corrected chi connectivity index (χ4v) is 2.29. The second-order valence-electron chi connectivity index (χ2n) is 3.75. The van der Waals surface area contributed by atoms with Crippen LogP contribution in [0.3, 0.4) is 0 Å². The lowest BCUT2D eigenvalue weighted by Gasteiger charge is -2.07. The van der Waals surface area contributed by atoms with Crippen molar-refractivity contribution in [1.29, 1.82) is 0 Å². The van der Waals surface area contributed by atoms with Crippen molar-refractivity contribution in [3.8, 4) is 0 Å². The van der Waals surface area contributed by atoms with Gasteiger partial charge in [0.2, 0.25) is 0 Å². The zero-order valence-electron chi connectivity index (χ0n) is 8.93. The van der Waals surface area contributed by atoms with E-state index in [-0.39, 0.29) is 0 Å². The summed E-state index contributed by atoms with van der Waals surface area (Å²) in [5.74, 6) is 0. The highest BCUT2D eigenvalue weighted by Gasteiger charge is 2.07. The Morgan fingerprint density at radius 1 is 1.25 bits per heavy atom. The molecule has 0 amide bonds. The molecule has 1 aromatic heterocycles. The maximum Gasteiger partial charge on any atom is 0.0892 e. The van der Waals surface area contributed by atoms with Gasteiger partial charge in [-0.15, -0.1) is 0 Å². The number of nitrogens with two attached hydrogens (primary N) is 1. The van der Waals surface area contributed by atoms with E-state index >= 15 is 0 Å². The minimum Gasteiger partial charge on any atom is -0.330 e. The van der Waals surface area contributed by atoms with Crippen LogP contribution >= 0.6 is 23.2 Å². The third-order valence-electron chi connectivity index (χ3n) is 2.51. The Labute approximate surface area is 104 Å². The van der Waals surface area contributed by atoms with Crippen molar-refractivity contribution in [3.05, 3.63) is 39.5 Å². The largest absolute Gasteiger partial charge is 0.330 e. The van der Waals surface area contributed by atoms with E-state index in [0.29, 0.717) is 16.6 Å². The van der Waals surface area contributed by atoms with Crippen molar-refractivity contribution >= 4 is 34.1 Å². The number of halogens is 2.